The zero-order chi connectivity index (χ0) is 20.6. The van der Waals surface area contributed by atoms with E-state index >= 15 is 0 Å². The number of carbonyl (C=O) groups is 1. The van der Waals surface area contributed by atoms with E-state index in [1.165, 1.54) is 5.56 Å². The van der Waals surface area contributed by atoms with Crippen LogP contribution in [0, 0.1) is 24.7 Å². The van der Waals surface area contributed by atoms with Gasteiger partial charge in [-0.05, 0) is 61.6 Å². The minimum absolute atomic E-state index is 0. The average Bonchev–Trinajstić information content (AvgIpc) is 2.66. The van der Waals surface area contributed by atoms with Gasteiger partial charge in [0.15, 0.2) is 6.40 Å². The van der Waals surface area contributed by atoms with Crippen molar-refractivity contribution in [2.75, 3.05) is 11.9 Å². The van der Waals surface area contributed by atoms with Crippen LogP contribution < -0.4 is 10.1 Å². The fraction of sp³-hybridized carbons (Fsp3) is 0.391. The van der Waals surface area contributed by atoms with Crippen LogP contribution in [0.1, 0.15) is 43.4 Å². The van der Waals surface area contributed by atoms with Crippen LogP contribution in [-0.2, 0) is 16.1 Å². The molecule has 0 aliphatic carbocycles. The lowest BCUT2D eigenvalue weighted by molar-refractivity contribution is -0.124. The number of anilines is 1. The Morgan fingerprint density at radius 2 is 1.93 bits per heavy atom. The van der Waals surface area contributed by atoms with Gasteiger partial charge in [0, 0.05) is 11.1 Å². The molecule has 0 aromatic heterocycles. The van der Waals surface area contributed by atoms with Crippen molar-refractivity contribution in [1.29, 1.82) is 5.41 Å². The maximum atomic E-state index is 12.7. The van der Waals surface area contributed by atoms with Crippen LogP contribution in [0.25, 0.3) is 0 Å². The van der Waals surface area contributed by atoms with Gasteiger partial charge in [-0.15, -0.1) is 12.4 Å². The molecule has 2 aromatic rings. The van der Waals surface area contributed by atoms with Crippen LogP contribution in [0.15, 0.2) is 42.5 Å². The average molecular weight is 419 g/mol. The Morgan fingerprint density at radius 3 is 2.66 bits per heavy atom. The lowest BCUT2D eigenvalue weighted by Crippen LogP contribution is -2.31. The Labute approximate surface area is 179 Å². The molecule has 0 spiro atoms. The van der Waals surface area contributed by atoms with Crippen LogP contribution in [0.2, 0.25) is 0 Å². The number of aryl methyl sites for hydroxylation is 2. The van der Waals surface area contributed by atoms with Crippen molar-refractivity contribution in [1.82, 2.24) is 0 Å². The first kappa shape index (κ1) is 24.5. The molecule has 158 valence electrons. The lowest BCUT2D eigenvalue weighted by atomic mass is 9.87. The molecule has 6 heteroatoms. The largest absolute Gasteiger partial charge is 0.493 e. The molecule has 0 radical (unpaired) electrons. The van der Waals surface area contributed by atoms with Gasteiger partial charge in [0.2, 0.25) is 5.91 Å². The number of amides is 1. The van der Waals surface area contributed by atoms with Gasteiger partial charge in [0.1, 0.15) is 12.4 Å². The first-order valence-corrected chi connectivity index (χ1v) is 9.53. The second kappa shape index (κ2) is 11.5. The molecule has 0 saturated carbocycles. The van der Waals surface area contributed by atoms with Gasteiger partial charge in [-0.3, -0.25) is 10.2 Å². The number of hydrogen-bond donors (Lipinski definition) is 2. The zero-order valence-electron chi connectivity index (χ0n) is 17.6. The minimum Gasteiger partial charge on any atom is -0.493 e. The highest BCUT2D eigenvalue weighted by molar-refractivity contribution is 5.94. The van der Waals surface area contributed by atoms with Crippen LogP contribution >= 0.6 is 12.4 Å². The summed E-state index contributed by atoms with van der Waals surface area (Å²) in [4.78, 5) is 12.7. The third kappa shape index (κ3) is 7.78. The molecule has 0 unspecified atom stereocenters. The van der Waals surface area contributed by atoms with Crippen LogP contribution in [0.5, 0.6) is 5.75 Å². The minimum atomic E-state index is -0.507. The zero-order valence-corrected chi connectivity index (χ0v) is 18.4. The number of nitrogens with one attached hydrogen (secondary N) is 2. The van der Waals surface area contributed by atoms with E-state index in [1.54, 1.807) is 0 Å². The molecule has 0 heterocycles. The molecule has 2 aromatic carbocycles. The number of halogens is 1. The van der Waals surface area contributed by atoms with Crippen LogP contribution in [-0.4, -0.2) is 18.9 Å². The van der Waals surface area contributed by atoms with E-state index in [4.69, 9.17) is 14.9 Å². The van der Waals surface area contributed by atoms with Crippen molar-refractivity contribution >= 4 is 30.4 Å². The Morgan fingerprint density at radius 1 is 1.17 bits per heavy atom. The van der Waals surface area contributed by atoms with Crippen molar-refractivity contribution < 1.29 is 14.3 Å². The highest BCUT2D eigenvalue weighted by atomic mass is 35.5. The highest BCUT2D eigenvalue weighted by Gasteiger charge is 2.27. The van der Waals surface area contributed by atoms with Gasteiger partial charge in [-0.1, -0.05) is 38.1 Å². The summed E-state index contributed by atoms with van der Waals surface area (Å²) in [6.45, 7) is 8.87. The molecule has 5 nitrogen and oxygen atoms in total. The molecule has 0 bridgehead atoms. The highest BCUT2D eigenvalue weighted by Crippen LogP contribution is 2.26. The summed E-state index contributed by atoms with van der Waals surface area (Å²) in [5, 5.41) is 9.91. The predicted molar refractivity (Wildman–Crippen MR) is 120 cm³/mol. The van der Waals surface area contributed by atoms with Gasteiger partial charge >= 0.3 is 0 Å². The third-order valence-electron chi connectivity index (χ3n) is 4.68. The normalized spacial score (nSPS) is 10.6. The molecule has 1 amide bonds. The molecule has 0 aliphatic heterocycles. The second-order valence-electron chi connectivity index (χ2n) is 7.69. The van der Waals surface area contributed by atoms with Gasteiger partial charge in [0.25, 0.3) is 0 Å². The summed E-state index contributed by atoms with van der Waals surface area (Å²) in [7, 11) is 0. The summed E-state index contributed by atoms with van der Waals surface area (Å²) in [6.07, 6.45) is 2.43. The van der Waals surface area contributed by atoms with E-state index in [1.807, 2.05) is 58.0 Å². The summed E-state index contributed by atoms with van der Waals surface area (Å²) in [5.41, 5.74) is 3.42. The van der Waals surface area contributed by atoms with E-state index < -0.39 is 5.41 Å². The predicted octanol–water partition coefficient (Wildman–Crippen LogP) is 5.67. The van der Waals surface area contributed by atoms with Gasteiger partial charge in [-0.2, -0.15) is 0 Å². The standard InChI is InChI=1S/C23H30N2O3.ClH/c1-17-9-10-18(2)21(13-17)28-12-6-11-23(3,4)22(26)25-20-8-5-7-19(14-20)15-27-16-24;/h5,7-10,13-14,16,24H,6,11-12,15H2,1-4H3,(H,25,26);1H. The van der Waals surface area contributed by atoms with Gasteiger partial charge in [-0.25, -0.2) is 0 Å². The molecular formula is C23H31ClN2O3. The lowest BCUT2D eigenvalue weighted by Gasteiger charge is -2.24. The molecule has 0 atom stereocenters. The van der Waals surface area contributed by atoms with Crippen molar-refractivity contribution in [3.63, 3.8) is 0 Å². The third-order valence-corrected chi connectivity index (χ3v) is 4.68. The molecular weight excluding hydrogens is 388 g/mol. The fourth-order valence-electron chi connectivity index (χ4n) is 2.85. The van der Waals surface area contributed by atoms with Crippen molar-refractivity contribution in [3.05, 3.63) is 59.2 Å². The first-order chi connectivity index (χ1) is 13.3. The Bertz CT molecular complexity index is 822. The van der Waals surface area contributed by atoms with E-state index in [0.29, 0.717) is 13.2 Å². The topological polar surface area (TPSA) is 71.4 Å². The van der Waals surface area contributed by atoms with E-state index in [2.05, 4.69) is 17.4 Å². The molecule has 0 aliphatic rings. The SMILES string of the molecule is Cc1ccc(C)c(OCCCC(C)(C)C(=O)Nc2cccc(COC=N)c2)c1.Cl. The van der Waals surface area contributed by atoms with Gasteiger partial charge in [0.05, 0.1) is 6.61 Å². The molecule has 29 heavy (non-hydrogen) atoms. The molecule has 0 fully saturated rings. The fourth-order valence-corrected chi connectivity index (χ4v) is 2.85. The Kier molecular flexibility index (Phi) is 9.69. The van der Waals surface area contributed by atoms with E-state index in [-0.39, 0.29) is 18.3 Å². The smallest absolute Gasteiger partial charge is 0.230 e. The van der Waals surface area contributed by atoms with E-state index in [9.17, 15) is 4.79 Å². The molecule has 0 saturated heterocycles. The summed E-state index contributed by atoms with van der Waals surface area (Å²) >= 11 is 0. The Balaban J connectivity index is 0.00000420. The van der Waals surface area contributed by atoms with E-state index in [0.717, 1.165) is 41.8 Å². The summed E-state index contributed by atoms with van der Waals surface area (Å²) < 4.78 is 10.9. The van der Waals surface area contributed by atoms with Gasteiger partial charge < -0.3 is 14.8 Å². The summed E-state index contributed by atoms with van der Waals surface area (Å²) in [6, 6.07) is 13.7. The van der Waals surface area contributed by atoms with Crippen molar-refractivity contribution in [2.45, 2.75) is 47.1 Å². The monoisotopic (exact) mass is 418 g/mol. The number of benzene rings is 2. The quantitative estimate of drug-likeness (QED) is 0.296. The Hall–Kier alpha value is -2.53. The summed E-state index contributed by atoms with van der Waals surface area (Å²) in [5.74, 6) is 0.885. The number of hydrogen-bond acceptors (Lipinski definition) is 4. The van der Waals surface area contributed by atoms with Crippen molar-refractivity contribution in [2.24, 2.45) is 5.41 Å². The number of carbonyl (C=O) groups excluding carboxylic acids is 1. The molecule has 2 N–H and O–H groups in total. The maximum Gasteiger partial charge on any atom is 0.230 e. The molecule has 2 rings (SSSR count). The maximum absolute atomic E-state index is 12.7. The number of ether oxygens (including phenoxy) is 2. The number of rotatable bonds is 10. The van der Waals surface area contributed by atoms with Crippen LogP contribution in [0.3, 0.4) is 0 Å². The second-order valence-corrected chi connectivity index (χ2v) is 7.69. The van der Waals surface area contributed by atoms with Crippen molar-refractivity contribution in [3.8, 4) is 5.75 Å². The first-order valence-electron chi connectivity index (χ1n) is 9.53. The van der Waals surface area contributed by atoms with Crippen LogP contribution in [0.4, 0.5) is 5.69 Å².